The lowest BCUT2D eigenvalue weighted by molar-refractivity contribution is -0.410. The van der Waals surface area contributed by atoms with Crippen LogP contribution in [0.5, 0.6) is 0 Å². The SMILES string of the molecule is C[C@@H]1CC[C@@]2(OC1)O[C@H]1[C@H](O)[C@H]3[C@@H]4CC[C@H]5C[C@@H](O[C@@H]6O[C@H](CO)[C@@H](O[C@@H]7O[C@H](CO)[C@@H](O)[C@H](O[C@@H]8O[C@H](CO)[C@@H](O[C@@H]9O[C@@H](C)[C@H](O)[C@@H](O)[C@H]9O)[C@H](O)[C@H]8O)[C@H]7O[C@@H]7O[C@H](CO)[C@@H](O)[C@H](O)[C@H]7O)[C@H](O)[C@H]6O)CC[C@]5(C)[C@H]4CC[C@]3(C)[C@H]1[C@@H]2C. The molecule has 7 aliphatic heterocycles. The third-order valence-corrected chi connectivity index (χ3v) is 22.5. The number of fused-ring (bicyclic) bond motifs is 7. The molecule has 28 heteroatoms. The lowest BCUT2D eigenvalue weighted by Crippen LogP contribution is -2.69. The quantitative estimate of drug-likeness (QED) is 0.0724. The van der Waals surface area contributed by atoms with Gasteiger partial charge in [0, 0.05) is 18.3 Å². The Morgan fingerprint density at radius 1 is 0.424 bits per heavy atom. The highest BCUT2D eigenvalue weighted by Gasteiger charge is 2.73. The van der Waals surface area contributed by atoms with Crippen LogP contribution in [0.25, 0.3) is 0 Å². The molecule has 85 heavy (non-hydrogen) atoms. The van der Waals surface area contributed by atoms with Gasteiger partial charge in [0.2, 0.25) is 0 Å². The molecule has 38 atom stereocenters. The lowest BCUT2D eigenvalue weighted by Gasteiger charge is -2.61. The van der Waals surface area contributed by atoms with Gasteiger partial charge in [0.15, 0.2) is 37.2 Å². The summed E-state index contributed by atoms with van der Waals surface area (Å²) in [4.78, 5) is 0. The first-order chi connectivity index (χ1) is 40.3. The van der Waals surface area contributed by atoms with Crippen molar-refractivity contribution in [2.24, 2.45) is 52.3 Å². The maximum Gasteiger partial charge on any atom is 0.187 e. The Balaban J connectivity index is 0.777. The number of hydrogen-bond acceptors (Lipinski definition) is 28. The highest BCUT2D eigenvalue weighted by atomic mass is 16.8. The fourth-order valence-corrected chi connectivity index (χ4v) is 17.6. The minimum atomic E-state index is -2.16. The van der Waals surface area contributed by atoms with Gasteiger partial charge < -0.3 is 139 Å². The van der Waals surface area contributed by atoms with E-state index in [1.54, 1.807) is 0 Å². The van der Waals surface area contributed by atoms with Crippen molar-refractivity contribution < 1.29 is 139 Å². The zero-order valence-corrected chi connectivity index (χ0v) is 48.7. The highest BCUT2D eigenvalue weighted by Crippen LogP contribution is 2.71. The molecule has 4 saturated carbocycles. The summed E-state index contributed by atoms with van der Waals surface area (Å²) >= 11 is 0. The third kappa shape index (κ3) is 11.3. The maximum absolute atomic E-state index is 12.3. The summed E-state index contributed by atoms with van der Waals surface area (Å²) < 4.78 is 73.3. The molecule has 11 aliphatic rings. The van der Waals surface area contributed by atoms with E-state index in [-0.39, 0.29) is 40.6 Å². The largest absolute Gasteiger partial charge is 0.394 e. The van der Waals surface area contributed by atoms with Gasteiger partial charge in [0.05, 0.1) is 57.5 Å². The highest BCUT2D eigenvalue weighted by molar-refractivity contribution is 5.19. The Bertz CT molecular complexity index is 2210. The van der Waals surface area contributed by atoms with Crippen molar-refractivity contribution in [3.05, 3.63) is 0 Å². The van der Waals surface area contributed by atoms with Gasteiger partial charge in [-0.1, -0.05) is 27.7 Å². The van der Waals surface area contributed by atoms with Crippen molar-refractivity contribution in [1.29, 1.82) is 0 Å². The predicted octanol–water partition coefficient (Wildman–Crippen LogP) is -5.09. The van der Waals surface area contributed by atoms with E-state index in [9.17, 15) is 81.7 Å². The number of hydrogen-bond donors (Lipinski definition) is 16. The fourth-order valence-electron chi connectivity index (χ4n) is 17.6. The van der Waals surface area contributed by atoms with Crippen LogP contribution in [-0.4, -0.2) is 292 Å². The van der Waals surface area contributed by atoms with Crippen molar-refractivity contribution in [1.82, 2.24) is 0 Å². The summed E-state index contributed by atoms with van der Waals surface area (Å²) in [5, 5.41) is 177. The third-order valence-electron chi connectivity index (χ3n) is 22.5. The van der Waals surface area contributed by atoms with Crippen LogP contribution in [0.15, 0.2) is 0 Å². The minimum absolute atomic E-state index is 0.0746. The number of rotatable bonds is 14. The Kier molecular flexibility index (Phi) is 19.5. The van der Waals surface area contributed by atoms with E-state index in [2.05, 4.69) is 27.7 Å². The molecule has 0 aromatic heterocycles. The molecule has 0 radical (unpaired) electrons. The Morgan fingerprint density at radius 2 is 0.929 bits per heavy atom. The van der Waals surface area contributed by atoms with Crippen molar-refractivity contribution in [3.63, 3.8) is 0 Å². The van der Waals surface area contributed by atoms with E-state index < -0.39 is 198 Å². The summed E-state index contributed by atoms with van der Waals surface area (Å²) in [5.74, 6) is 1.12. The summed E-state index contributed by atoms with van der Waals surface area (Å²) in [7, 11) is 0. The first kappa shape index (κ1) is 65.4. The van der Waals surface area contributed by atoms with Gasteiger partial charge >= 0.3 is 0 Å². The normalized spacial score (nSPS) is 58.1. The number of aliphatic hydroxyl groups excluding tert-OH is 16. The standard InChI is InChI=1S/C57H94O28/c1-20-8-13-57(74-19-20)21(2)31-47(85-57)36(65)32-25-7-6-23-14-24(9-11-55(23,4)26(25)10-12-56(31,32)5)76-51-43(72)39(68)46(30(18-61)79-51)82-54-49(84-52-42(71)38(67)34(63)27(15-58)77-52)48(35(64)28(16-59)78-54)83-53-44(73)40(69)45(29(17-60)80-53)81-50-41(70)37(66)33(62)22(3)75-50/h20-54,58-73H,6-19H2,1-5H3/t20-,21+,22+,23+,24+,25-,26+,27-,28-,29-,30-,31+,32-,33+,34-,35-,36-,37-,38+,39-,40-,41-,42-,43-,44-,45-,46-,47-,48+,49-,50+,51-,52+,53+,54+,55+,56-,57-/m1/s1. The van der Waals surface area contributed by atoms with Crippen LogP contribution in [0.1, 0.15) is 92.4 Å². The van der Waals surface area contributed by atoms with Crippen molar-refractivity contribution in [3.8, 4) is 0 Å². The first-order valence-electron chi connectivity index (χ1n) is 30.8. The second-order valence-electron chi connectivity index (χ2n) is 27.2. The molecule has 1 spiro atoms. The minimum Gasteiger partial charge on any atom is -0.394 e. The molecule has 7 heterocycles. The summed E-state index contributed by atoms with van der Waals surface area (Å²) in [5.41, 5.74) is -0.181. The second kappa shape index (κ2) is 25.4. The molecule has 11 rings (SSSR count). The van der Waals surface area contributed by atoms with Gasteiger partial charge in [-0.25, -0.2) is 0 Å². The topological polar surface area (TPSA) is 434 Å². The van der Waals surface area contributed by atoms with E-state index >= 15 is 0 Å². The molecule has 16 N–H and O–H groups in total. The van der Waals surface area contributed by atoms with Crippen molar-refractivity contribution in [2.45, 2.75) is 270 Å². The predicted molar refractivity (Wildman–Crippen MR) is 281 cm³/mol. The molecular formula is C57H94O28. The van der Waals surface area contributed by atoms with E-state index in [4.69, 9.17) is 56.8 Å². The van der Waals surface area contributed by atoms with Gasteiger partial charge in [-0.2, -0.15) is 0 Å². The Morgan fingerprint density at radius 3 is 1.53 bits per heavy atom. The van der Waals surface area contributed by atoms with E-state index in [1.165, 1.54) is 6.92 Å². The molecule has 490 valence electrons. The van der Waals surface area contributed by atoms with Crippen LogP contribution >= 0.6 is 0 Å². The van der Waals surface area contributed by atoms with Crippen LogP contribution in [0.2, 0.25) is 0 Å². The molecule has 11 fully saturated rings. The summed E-state index contributed by atoms with van der Waals surface area (Å²) in [6.07, 6.45) is -39.1. The van der Waals surface area contributed by atoms with E-state index in [0.29, 0.717) is 37.2 Å². The zero-order valence-electron chi connectivity index (χ0n) is 48.7. The van der Waals surface area contributed by atoms with Crippen molar-refractivity contribution >= 4 is 0 Å². The average molecular weight is 1230 g/mol. The van der Waals surface area contributed by atoms with E-state index in [0.717, 1.165) is 44.9 Å². The van der Waals surface area contributed by atoms with Gasteiger partial charge in [-0.15, -0.1) is 0 Å². The maximum atomic E-state index is 12.3. The van der Waals surface area contributed by atoms with Gasteiger partial charge in [-0.05, 0) is 98.7 Å². The first-order valence-corrected chi connectivity index (χ1v) is 30.8. The molecule has 0 amide bonds. The van der Waals surface area contributed by atoms with E-state index in [1.807, 2.05) is 0 Å². The number of aliphatic hydroxyl groups is 16. The van der Waals surface area contributed by atoms with Gasteiger partial charge in [0.25, 0.3) is 0 Å². The fraction of sp³-hybridized carbons (Fsp3) is 1.00. The zero-order chi connectivity index (χ0) is 61.1. The second-order valence-corrected chi connectivity index (χ2v) is 27.2. The van der Waals surface area contributed by atoms with Crippen LogP contribution in [0, 0.1) is 52.3 Å². The Hall–Kier alpha value is -1.12. The summed E-state index contributed by atoms with van der Waals surface area (Å²) in [6.45, 7) is 7.53. The molecule has 0 aromatic carbocycles. The van der Waals surface area contributed by atoms with Crippen LogP contribution in [0.3, 0.4) is 0 Å². The molecule has 0 bridgehead atoms. The molecule has 4 aliphatic carbocycles. The molecule has 7 saturated heterocycles. The average Bonchev–Trinajstić information content (AvgIpc) is 1.59. The monoisotopic (exact) mass is 1230 g/mol. The smallest absolute Gasteiger partial charge is 0.187 e. The molecular weight excluding hydrogens is 1130 g/mol. The lowest BCUT2D eigenvalue weighted by atomic mass is 9.44. The molecule has 0 aromatic rings. The van der Waals surface area contributed by atoms with Gasteiger partial charge in [-0.3, -0.25) is 0 Å². The number of ether oxygens (including phenoxy) is 12. The summed E-state index contributed by atoms with van der Waals surface area (Å²) in [6, 6.07) is 0. The molecule has 28 nitrogen and oxygen atoms in total. The van der Waals surface area contributed by atoms with Crippen LogP contribution in [0.4, 0.5) is 0 Å². The van der Waals surface area contributed by atoms with Gasteiger partial charge in [0.1, 0.15) is 116 Å². The molecule has 0 unspecified atom stereocenters. The van der Waals surface area contributed by atoms with Crippen LogP contribution in [-0.2, 0) is 56.8 Å². The van der Waals surface area contributed by atoms with Crippen molar-refractivity contribution in [2.75, 3.05) is 33.0 Å². The Labute approximate surface area is 492 Å². The van der Waals surface area contributed by atoms with Crippen LogP contribution < -0.4 is 0 Å².